The summed E-state index contributed by atoms with van der Waals surface area (Å²) in [6, 6.07) is 6.88. The largest absolute Gasteiger partial charge is 0.494 e. The van der Waals surface area contributed by atoms with Gasteiger partial charge in [0.1, 0.15) is 5.75 Å². The minimum Gasteiger partial charge on any atom is -0.494 e. The molecule has 1 amide bonds. The molecule has 0 spiro atoms. The van der Waals surface area contributed by atoms with Gasteiger partial charge in [0.15, 0.2) is 5.78 Å². The molecule has 1 heterocycles. The standard InChI is InChI=1S/C18H23NO6/c1-13(20)14-4-2-5-15(10-14)25-8-3-6-16(21)19-18(11-17(22)23)7-9-24-12-18/h2,4-5,10H,3,6-9,11-12H2,1H3,(H,19,21)(H,22,23). The van der Waals surface area contributed by atoms with Crippen LogP contribution in [-0.2, 0) is 14.3 Å². The fraction of sp³-hybridized carbons (Fsp3) is 0.500. The Morgan fingerprint density at radius 2 is 2.16 bits per heavy atom. The second kappa shape index (κ2) is 8.62. The van der Waals surface area contributed by atoms with Gasteiger partial charge in [0, 0.05) is 18.6 Å². The molecule has 0 aliphatic carbocycles. The highest BCUT2D eigenvalue weighted by molar-refractivity contribution is 5.94. The lowest BCUT2D eigenvalue weighted by molar-refractivity contribution is -0.139. The first-order valence-electron chi connectivity index (χ1n) is 8.25. The van der Waals surface area contributed by atoms with Gasteiger partial charge < -0.3 is 19.9 Å². The van der Waals surface area contributed by atoms with Crippen LogP contribution in [0.2, 0.25) is 0 Å². The molecule has 1 atom stereocenters. The topological polar surface area (TPSA) is 102 Å². The number of carboxylic acid groups (broad SMARTS) is 1. The highest BCUT2D eigenvalue weighted by atomic mass is 16.5. The Morgan fingerprint density at radius 1 is 1.36 bits per heavy atom. The van der Waals surface area contributed by atoms with Crippen LogP contribution < -0.4 is 10.1 Å². The van der Waals surface area contributed by atoms with E-state index in [2.05, 4.69) is 5.32 Å². The molecular formula is C18H23NO6. The molecular weight excluding hydrogens is 326 g/mol. The van der Waals surface area contributed by atoms with E-state index in [9.17, 15) is 14.4 Å². The van der Waals surface area contributed by atoms with E-state index in [1.807, 2.05) is 0 Å². The third kappa shape index (κ3) is 5.86. The lowest BCUT2D eigenvalue weighted by Gasteiger charge is -2.27. The molecule has 0 radical (unpaired) electrons. The Kier molecular flexibility index (Phi) is 6.52. The molecule has 136 valence electrons. The predicted octanol–water partition coefficient (Wildman–Crippen LogP) is 1.80. The second-order valence-corrected chi connectivity index (χ2v) is 6.24. The zero-order chi connectivity index (χ0) is 18.3. The fourth-order valence-electron chi connectivity index (χ4n) is 2.76. The van der Waals surface area contributed by atoms with E-state index in [0.717, 1.165) is 0 Å². The Balaban J connectivity index is 1.75. The fourth-order valence-corrected chi connectivity index (χ4v) is 2.76. The van der Waals surface area contributed by atoms with Crippen LogP contribution in [0, 0.1) is 0 Å². The van der Waals surface area contributed by atoms with Gasteiger partial charge in [-0.05, 0) is 31.9 Å². The van der Waals surface area contributed by atoms with E-state index in [4.69, 9.17) is 14.6 Å². The van der Waals surface area contributed by atoms with E-state index in [1.165, 1.54) is 6.92 Å². The molecule has 1 fully saturated rings. The number of nitrogens with one attached hydrogen (secondary N) is 1. The Labute approximate surface area is 146 Å². The molecule has 1 aliphatic heterocycles. The Bertz CT molecular complexity index is 636. The van der Waals surface area contributed by atoms with Crippen LogP contribution in [0.4, 0.5) is 0 Å². The number of ether oxygens (including phenoxy) is 2. The molecule has 0 aromatic heterocycles. The number of carboxylic acids is 1. The number of carbonyl (C=O) groups is 3. The number of aliphatic carboxylic acids is 1. The number of benzene rings is 1. The summed E-state index contributed by atoms with van der Waals surface area (Å²) in [5.74, 6) is -0.626. The summed E-state index contributed by atoms with van der Waals surface area (Å²) < 4.78 is 10.8. The first kappa shape index (κ1) is 18.9. The SMILES string of the molecule is CC(=O)c1cccc(OCCCC(=O)NC2(CC(=O)O)CCOC2)c1. The van der Waals surface area contributed by atoms with E-state index in [0.29, 0.717) is 37.4 Å². The Hall–Kier alpha value is -2.41. The number of carbonyl (C=O) groups excluding carboxylic acids is 2. The van der Waals surface area contributed by atoms with E-state index < -0.39 is 11.5 Å². The van der Waals surface area contributed by atoms with Gasteiger partial charge in [0.2, 0.25) is 5.91 Å². The molecule has 7 heteroatoms. The molecule has 25 heavy (non-hydrogen) atoms. The number of rotatable bonds is 9. The monoisotopic (exact) mass is 349 g/mol. The number of Topliss-reactive ketones (excluding diaryl/α,β-unsaturated/α-hetero) is 1. The van der Waals surface area contributed by atoms with Crippen LogP contribution in [0.15, 0.2) is 24.3 Å². The highest BCUT2D eigenvalue weighted by Crippen LogP contribution is 2.23. The zero-order valence-corrected chi connectivity index (χ0v) is 14.2. The summed E-state index contributed by atoms with van der Waals surface area (Å²) in [5, 5.41) is 11.8. The van der Waals surface area contributed by atoms with Crippen molar-refractivity contribution in [1.29, 1.82) is 0 Å². The number of hydrogen-bond acceptors (Lipinski definition) is 5. The summed E-state index contributed by atoms with van der Waals surface area (Å²) in [7, 11) is 0. The smallest absolute Gasteiger partial charge is 0.305 e. The molecule has 1 aliphatic rings. The molecule has 1 aromatic rings. The van der Waals surface area contributed by atoms with Crippen molar-refractivity contribution in [3.63, 3.8) is 0 Å². The predicted molar refractivity (Wildman–Crippen MR) is 89.7 cm³/mol. The second-order valence-electron chi connectivity index (χ2n) is 6.24. The van der Waals surface area contributed by atoms with Crippen molar-refractivity contribution >= 4 is 17.7 Å². The van der Waals surface area contributed by atoms with Gasteiger partial charge in [-0.15, -0.1) is 0 Å². The first-order valence-corrected chi connectivity index (χ1v) is 8.25. The van der Waals surface area contributed by atoms with Gasteiger partial charge in [-0.1, -0.05) is 12.1 Å². The lowest BCUT2D eigenvalue weighted by Crippen LogP contribution is -2.50. The molecule has 0 saturated carbocycles. The van der Waals surface area contributed by atoms with Crippen molar-refractivity contribution in [3.05, 3.63) is 29.8 Å². The maximum absolute atomic E-state index is 12.1. The Morgan fingerprint density at radius 3 is 2.80 bits per heavy atom. The van der Waals surface area contributed by atoms with E-state index in [1.54, 1.807) is 24.3 Å². The van der Waals surface area contributed by atoms with Crippen LogP contribution in [0.1, 0.15) is 43.0 Å². The summed E-state index contributed by atoms with van der Waals surface area (Å²) in [6.45, 7) is 2.49. The van der Waals surface area contributed by atoms with Crippen LogP contribution in [-0.4, -0.2) is 48.1 Å². The van der Waals surface area contributed by atoms with Crippen molar-refractivity contribution in [3.8, 4) is 5.75 Å². The number of hydrogen-bond donors (Lipinski definition) is 2. The summed E-state index contributed by atoms with van der Waals surface area (Å²) in [4.78, 5) is 34.4. The van der Waals surface area contributed by atoms with Crippen LogP contribution >= 0.6 is 0 Å². The average Bonchev–Trinajstić information content (AvgIpc) is 2.99. The van der Waals surface area contributed by atoms with E-state index >= 15 is 0 Å². The number of amides is 1. The lowest BCUT2D eigenvalue weighted by atomic mass is 9.94. The molecule has 0 bridgehead atoms. The minimum absolute atomic E-state index is 0.0349. The molecule has 2 N–H and O–H groups in total. The van der Waals surface area contributed by atoms with E-state index in [-0.39, 0.29) is 31.1 Å². The van der Waals surface area contributed by atoms with Gasteiger partial charge >= 0.3 is 5.97 Å². The third-order valence-corrected chi connectivity index (χ3v) is 4.05. The van der Waals surface area contributed by atoms with Gasteiger partial charge in [-0.25, -0.2) is 0 Å². The summed E-state index contributed by atoms with van der Waals surface area (Å²) in [5.41, 5.74) is -0.230. The van der Waals surface area contributed by atoms with Crippen LogP contribution in [0.3, 0.4) is 0 Å². The van der Waals surface area contributed by atoms with Gasteiger partial charge in [0.05, 0.1) is 25.2 Å². The van der Waals surface area contributed by atoms with Crippen LogP contribution in [0.5, 0.6) is 5.75 Å². The van der Waals surface area contributed by atoms with Crippen molar-refractivity contribution in [2.45, 2.75) is 38.1 Å². The number of ketones is 1. The van der Waals surface area contributed by atoms with Crippen molar-refractivity contribution < 1.29 is 29.0 Å². The molecule has 1 unspecified atom stereocenters. The molecule has 1 aromatic carbocycles. The third-order valence-electron chi connectivity index (χ3n) is 4.05. The molecule has 7 nitrogen and oxygen atoms in total. The average molecular weight is 349 g/mol. The summed E-state index contributed by atoms with van der Waals surface area (Å²) in [6.07, 6.45) is 1.07. The van der Waals surface area contributed by atoms with Crippen molar-refractivity contribution in [2.75, 3.05) is 19.8 Å². The highest BCUT2D eigenvalue weighted by Gasteiger charge is 2.38. The van der Waals surface area contributed by atoms with Crippen molar-refractivity contribution in [1.82, 2.24) is 5.32 Å². The maximum Gasteiger partial charge on any atom is 0.305 e. The van der Waals surface area contributed by atoms with Crippen LogP contribution in [0.25, 0.3) is 0 Å². The molecule has 2 rings (SSSR count). The molecule has 1 saturated heterocycles. The van der Waals surface area contributed by atoms with Gasteiger partial charge in [-0.2, -0.15) is 0 Å². The van der Waals surface area contributed by atoms with Gasteiger partial charge in [-0.3, -0.25) is 14.4 Å². The first-order chi connectivity index (χ1) is 11.9. The maximum atomic E-state index is 12.1. The quantitative estimate of drug-likeness (QED) is 0.521. The summed E-state index contributed by atoms with van der Waals surface area (Å²) >= 11 is 0. The van der Waals surface area contributed by atoms with Crippen molar-refractivity contribution in [2.24, 2.45) is 0 Å². The normalized spacial score (nSPS) is 19.4. The minimum atomic E-state index is -0.959. The van der Waals surface area contributed by atoms with Gasteiger partial charge in [0.25, 0.3) is 0 Å². The zero-order valence-electron chi connectivity index (χ0n) is 14.2.